The summed E-state index contributed by atoms with van der Waals surface area (Å²) < 4.78 is 0. The van der Waals surface area contributed by atoms with E-state index in [4.69, 9.17) is 17.4 Å². The second-order valence-corrected chi connectivity index (χ2v) is 4.84. The van der Waals surface area contributed by atoms with E-state index in [9.17, 15) is 0 Å². The van der Waals surface area contributed by atoms with Gasteiger partial charge in [-0.3, -0.25) is 5.43 Å². The molecule has 0 unspecified atom stereocenters. The van der Waals surface area contributed by atoms with Gasteiger partial charge in [0.15, 0.2) is 0 Å². The van der Waals surface area contributed by atoms with Crippen LogP contribution < -0.4 is 21.5 Å². The van der Waals surface area contributed by atoms with Crippen molar-refractivity contribution < 1.29 is 0 Å². The molecule has 0 spiro atoms. The van der Waals surface area contributed by atoms with Gasteiger partial charge < -0.3 is 10.2 Å². The maximum Gasteiger partial charge on any atom is 0.243 e. The average molecular weight is 294 g/mol. The number of hydrogen-bond acceptors (Lipinski definition) is 7. The molecule has 0 saturated heterocycles. The fourth-order valence-corrected chi connectivity index (χ4v) is 1.71. The Morgan fingerprint density at radius 2 is 1.85 bits per heavy atom. The van der Waals surface area contributed by atoms with Crippen molar-refractivity contribution in [1.29, 1.82) is 0 Å². The number of hydrazine groups is 1. The Hall–Kier alpha value is -2.12. The zero-order valence-corrected chi connectivity index (χ0v) is 12.2. The molecule has 4 N–H and O–H groups in total. The number of nitrogens with zero attached hydrogens (tertiary/aromatic N) is 4. The van der Waals surface area contributed by atoms with Crippen LogP contribution in [0.3, 0.4) is 0 Å². The van der Waals surface area contributed by atoms with Crippen LogP contribution in [-0.2, 0) is 0 Å². The first kappa shape index (κ1) is 14.3. The zero-order valence-electron chi connectivity index (χ0n) is 11.5. The molecule has 0 atom stereocenters. The summed E-state index contributed by atoms with van der Waals surface area (Å²) in [7, 11) is 3.67. The van der Waals surface area contributed by atoms with Crippen LogP contribution in [0.1, 0.15) is 5.56 Å². The van der Waals surface area contributed by atoms with Gasteiger partial charge in [-0.2, -0.15) is 15.0 Å². The SMILES string of the molecule is Cc1ccc(Cl)cc1Nc1nc(NN)nc(N(C)C)n1. The van der Waals surface area contributed by atoms with Gasteiger partial charge >= 0.3 is 0 Å². The topological polar surface area (TPSA) is 92.0 Å². The highest BCUT2D eigenvalue weighted by atomic mass is 35.5. The number of nitrogens with one attached hydrogen (secondary N) is 2. The van der Waals surface area contributed by atoms with E-state index in [1.165, 1.54) is 0 Å². The minimum atomic E-state index is 0.283. The summed E-state index contributed by atoms with van der Waals surface area (Å²) in [5.74, 6) is 6.53. The molecule has 0 amide bonds. The van der Waals surface area contributed by atoms with E-state index in [0.717, 1.165) is 11.3 Å². The van der Waals surface area contributed by atoms with Crippen molar-refractivity contribution in [2.45, 2.75) is 6.92 Å². The molecular weight excluding hydrogens is 278 g/mol. The van der Waals surface area contributed by atoms with Crippen LogP contribution in [0.15, 0.2) is 18.2 Å². The first-order valence-corrected chi connectivity index (χ1v) is 6.30. The monoisotopic (exact) mass is 293 g/mol. The van der Waals surface area contributed by atoms with E-state index < -0.39 is 0 Å². The lowest BCUT2D eigenvalue weighted by Gasteiger charge is -2.14. The highest BCUT2D eigenvalue weighted by Crippen LogP contribution is 2.23. The van der Waals surface area contributed by atoms with Gasteiger partial charge in [-0.15, -0.1) is 0 Å². The number of halogens is 1. The smallest absolute Gasteiger partial charge is 0.243 e. The van der Waals surface area contributed by atoms with E-state index in [0.29, 0.717) is 16.9 Å². The van der Waals surface area contributed by atoms with Crippen LogP contribution in [0.5, 0.6) is 0 Å². The maximum atomic E-state index is 5.99. The first-order valence-electron chi connectivity index (χ1n) is 5.93. The van der Waals surface area contributed by atoms with Crippen molar-refractivity contribution in [2.24, 2.45) is 5.84 Å². The Balaban J connectivity index is 2.37. The molecule has 1 heterocycles. The van der Waals surface area contributed by atoms with E-state index in [2.05, 4.69) is 25.7 Å². The van der Waals surface area contributed by atoms with Gasteiger partial charge in [-0.25, -0.2) is 5.84 Å². The summed E-state index contributed by atoms with van der Waals surface area (Å²) in [5.41, 5.74) is 4.28. The number of nitrogens with two attached hydrogens (primary N) is 1. The molecule has 1 aromatic carbocycles. The molecule has 20 heavy (non-hydrogen) atoms. The minimum Gasteiger partial charge on any atom is -0.347 e. The van der Waals surface area contributed by atoms with Crippen LogP contribution in [0.4, 0.5) is 23.5 Å². The standard InChI is InChI=1S/C12H16ClN7/c1-7-4-5-8(13)6-9(7)15-10-16-11(19-14)18-12(17-10)20(2)3/h4-6H,14H2,1-3H3,(H2,15,16,17,18,19). The third-order valence-corrected chi connectivity index (χ3v) is 2.83. The number of hydrogen-bond donors (Lipinski definition) is 3. The Labute approximate surface area is 122 Å². The molecule has 8 heteroatoms. The van der Waals surface area contributed by atoms with Gasteiger partial charge in [-0.05, 0) is 24.6 Å². The van der Waals surface area contributed by atoms with Crippen LogP contribution in [0.25, 0.3) is 0 Å². The number of aromatic nitrogens is 3. The van der Waals surface area contributed by atoms with Gasteiger partial charge in [0.05, 0.1) is 0 Å². The van der Waals surface area contributed by atoms with Crippen LogP contribution in [0.2, 0.25) is 5.02 Å². The lowest BCUT2D eigenvalue weighted by molar-refractivity contribution is 0.957. The maximum absolute atomic E-state index is 5.99. The van der Waals surface area contributed by atoms with Gasteiger partial charge in [-0.1, -0.05) is 17.7 Å². The Morgan fingerprint density at radius 1 is 1.15 bits per heavy atom. The van der Waals surface area contributed by atoms with Gasteiger partial charge in [0, 0.05) is 24.8 Å². The molecule has 0 aliphatic carbocycles. The third kappa shape index (κ3) is 3.25. The van der Waals surface area contributed by atoms with Crippen molar-refractivity contribution in [3.05, 3.63) is 28.8 Å². The molecule has 0 saturated carbocycles. The summed E-state index contributed by atoms with van der Waals surface area (Å²) in [6.45, 7) is 1.97. The van der Waals surface area contributed by atoms with Crippen LogP contribution in [0, 0.1) is 6.92 Å². The zero-order chi connectivity index (χ0) is 14.7. The molecule has 2 rings (SSSR count). The van der Waals surface area contributed by atoms with Gasteiger partial charge in [0.2, 0.25) is 17.8 Å². The molecule has 0 radical (unpaired) electrons. The molecule has 1 aromatic heterocycles. The number of anilines is 4. The van der Waals surface area contributed by atoms with Crippen LogP contribution >= 0.6 is 11.6 Å². The van der Waals surface area contributed by atoms with E-state index in [1.807, 2.05) is 39.2 Å². The van der Waals surface area contributed by atoms with Crippen molar-refractivity contribution in [1.82, 2.24) is 15.0 Å². The third-order valence-electron chi connectivity index (χ3n) is 2.60. The normalized spacial score (nSPS) is 10.2. The highest BCUT2D eigenvalue weighted by molar-refractivity contribution is 6.30. The number of nitrogen functional groups attached to an aromatic ring is 1. The number of benzene rings is 1. The van der Waals surface area contributed by atoms with E-state index in [1.54, 1.807) is 4.90 Å². The summed E-state index contributed by atoms with van der Waals surface area (Å²) >= 11 is 5.99. The van der Waals surface area contributed by atoms with Crippen LogP contribution in [-0.4, -0.2) is 29.0 Å². The quantitative estimate of drug-likeness (QED) is 0.586. The fourth-order valence-electron chi connectivity index (χ4n) is 1.53. The molecule has 0 bridgehead atoms. The minimum absolute atomic E-state index is 0.283. The van der Waals surface area contributed by atoms with Crippen molar-refractivity contribution >= 4 is 35.1 Å². The second kappa shape index (κ2) is 5.89. The summed E-state index contributed by atoms with van der Waals surface area (Å²) in [4.78, 5) is 14.4. The van der Waals surface area contributed by atoms with Crippen molar-refractivity contribution in [3.8, 4) is 0 Å². The molecule has 0 aliphatic rings. The Morgan fingerprint density at radius 3 is 2.50 bits per heavy atom. The largest absolute Gasteiger partial charge is 0.347 e. The Bertz CT molecular complexity index is 615. The molecular formula is C12H16ClN7. The molecule has 106 valence electrons. The van der Waals surface area contributed by atoms with Gasteiger partial charge in [0.25, 0.3) is 0 Å². The van der Waals surface area contributed by atoms with E-state index in [-0.39, 0.29) is 5.95 Å². The highest BCUT2D eigenvalue weighted by Gasteiger charge is 2.09. The lowest BCUT2D eigenvalue weighted by atomic mass is 10.2. The predicted molar refractivity (Wildman–Crippen MR) is 81.4 cm³/mol. The van der Waals surface area contributed by atoms with Crippen molar-refractivity contribution in [2.75, 3.05) is 29.7 Å². The number of rotatable bonds is 4. The Kier molecular flexibility index (Phi) is 4.21. The lowest BCUT2D eigenvalue weighted by Crippen LogP contribution is -2.18. The predicted octanol–water partition coefficient (Wildman–Crippen LogP) is 1.93. The first-order chi connectivity index (χ1) is 9.49. The van der Waals surface area contributed by atoms with E-state index >= 15 is 0 Å². The van der Waals surface area contributed by atoms with Crippen molar-refractivity contribution in [3.63, 3.8) is 0 Å². The molecule has 7 nitrogen and oxygen atoms in total. The average Bonchev–Trinajstić information content (AvgIpc) is 2.42. The second-order valence-electron chi connectivity index (χ2n) is 4.41. The molecule has 0 fully saturated rings. The molecule has 2 aromatic rings. The summed E-state index contributed by atoms with van der Waals surface area (Å²) in [6, 6.07) is 5.56. The summed E-state index contributed by atoms with van der Waals surface area (Å²) in [5, 5.41) is 3.75. The van der Waals surface area contributed by atoms with Gasteiger partial charge in [0.1, 0.15) is 0 Å². The fraction of sp³-hybridized carbons (Fsp3) is 0.250. The number of aryl methyl sites for hydroxylation is 1. The molecule has 0 aliphatic heterocycles. The summed E-state index contributed by atoms with van der Waals surface area (Å²) in [6.07, 6.45) is 0.